The highest BCUT2D eigenvalue weighted by atomic mass is 35.5. The molecule has 5 nitrogen and oxygen atoms in total. The molecule has 0 aliphatic carbocycles. The minimum atomic E-state index is -0.224. The number of thiophene rings is 1. The second-order valence-corrected chi connectivity index (χ2v) is 9.55. The van der Waals surface area contributed by atoms with Crippen molar-refractivity contribution in [3.63, 3.8) is 0 Å². The van der Waals surface area contributed by atoms with Gasteiger partial charge in [0, 0.05) is 52.9 Å². The van der Waals surface area contributed by atoms with Gasteiger partial charge in [-0.15, -0.1) is 11.3 Å². The van der Waals surface area contributed by atoms with Crippen molar-refractivity contribution in [2.45, 2.75) is 6.54 Å². The summed E-state index contributed by atoms with van der Waals surface area (Å²) in [5.41, 5.74) is 1.26. The normalized spacial score (nSPS) is 14.7. The standard InChI is InChI=1S/C25H22ClN3O2S/c26-19-6-3-5-18(14-19)23-9-8-20(32-23)16-28-10-12-29(13-11-28)25(31)22-15-17-4-1-2-7-21(17)24(30)27-22/h1-9,14-15H,10-13,16H2,(H,27,30). The number of carbonyl (C=O) groups is 1. The van der Waals surface area contributed by atoms with Crippen LogP contribution in [-0.4, -0.2) is 46.9 Å². The maximum atomic E-state index is 13.0. The lowest BCUT2D eigenvalue weighted by Gasteiger charge is -2.34. The third kappa shape index (κ3) is 4.35. The number of aromatic nitrogens is 1. The van der Waals surface area contributed by atoms with E-state index in [-0.39, 0.29) is 11.5 Å². The summed E-state index contributed by atoms with van der Waals surface area (Å²) in [7, 11) is 0. The Kier molecular flexibility index (Phi) is 5.83. The number of benzene rings is 2. The Balaban J connectivity index is 1.22. The highest BCUT2D eigenvalue weighted by molar-refractivity contribution is 7.15. The number of aromatic amines is 1. The van der Waals surface area contributed by atoms with Crippen LogP contribution in [0.15, 0.2) is 71.5 Å². The molecule has 0 saturated carbocycles. The molecule has 7 heteroatoms. The fourth-order valence-corrected chi connectivity index (χ4v) is 5.32. The average molecular weight is 464 g/mol. The third-order valence-corrected chi connectivity index (χ3v) is 7.15. The molecule has 1 aliphatic heterocycles. The largest absolute Gasteiger partial charge is 0.335 e. The summed E-state index contributed by atoms with van der Waals surface area (Å²) in [6.07, 6.45) is 0. The van der Waals surface area contributed by atoms with Crippen LogP contribution in [0.1, 0.15) is 15.4 Å². The van der Waals surface area contributed by atoms with Crippen molar-refractivity contribution in [3.8, 4) is 10.4 Å². The molecule has 4 aromatic rings. The van der Waals surface area contributed by atoms with E-state index < -0.39 is 0 Å². The quantitative estimate of drug-likeness (QED) is 0.470. The Morgan fingerprint density at radius 2 is 1.78 bits per heavy atom. The van der Waals surface area contributed by atoms with Crippen molar-refractivity contribution in [1.82, 2.24) is 14.8 Å². The van der Waals surface area contributed by atoms with Crippen LogP contribution in [-0.2, 0) is 6.54 Å². The maximum Gasteiger partial charge on any atom is 0.270 e. The molecule has 162 valence electrons. The lowest BCUT2D eigenvalue weighted by molar-refractivity contribution is 0.0624. The van der Waals surface area contributed by atoms with E-state index in [4.69, 9.17) is 11.6 Å². The van der Waals surface area contributed by atoms with E-state index >= 15 is 0 Å². The zero-order valence-electron chi connectivity index (χ0n) is 17.4. The Hall–Kier alpha value is -2.93. The third-order valence-electron chi connectivity index (χ3n) is 5.79. The van der Waals surface area contributed by atoms with Gasteiger partial charge in [0.1, 0.15) is 5.69 Å². The van der Waals surface area contributed by atoms with Gasteiger partial charge >= 0.3 is 0 Å². The van der Waals surface area contributed by atoms with Crippen LogP contribution >= 0.6 is 22.9 Å². The Labute approximate surface area is 194 Å². The first-order valence-electron chi connectivity index (χ1n) is 10.6. The number of H-pyrrole nitrogens is 1. The number of hydrogen-bond donors (Lipinski definition) is 1. The molecular formula is C25H22ClN3O2S. The number of nitrogens with zero attached hydrogens (tertiary/aromatic N) is 2. The molecule has 2 aromatic carbocycles. The van der Waals surface area contributed by atoms with Gasteiger partial charge in [-0.1, -0.05) is 41.9 Å². The maximum absolute atomic E-state index is 13.0. The van der Waals surface area contributed by atoms with Crippen molar-refractivity contribution in [2.24, 2.45) is 0 Å². The molecule has 0 bridgehead atoms. The van der Waals surface area contributed by atoms with Crippen molar-refractivity contribution in [2.75, 3.05) is 26.2 Å². The molecule has 2 aromatic heterocycles. The number of rotatable bonds is 4. The van der Waals surface area contributed by atoms with Gasteiger partial charge < -0.3 is 9.88 Å². The van der Waals surface area contributed by atoms with Gasteiger partial charge in [0.2, 0.25) is 0 Å². The average Bonchev–Trinajstić information content (AvgIpc) is 3.28. The number of fused-ring (bicyclic) bond motifs is 1. The van der Waals surface area contributed by atoms with Gasteiger partial charge in [0.25, 0.3) is 11.5 Å². The van der Waals surface area contributed by atoms with E-state index in [2.05, 4.69) is 28.1 Å². The molecule has 1 N–H and O–H groups in total. The van der Waals surface area contributed by atoms with Crippen molar-refractivity contribution >= 4 is 39.6 Å². The van der Waals surface area contributed by atoms with E-state index in [1.54, 1.807) is 23.5 Å². The summed E-state index contributed by atoms with van der Waals surface area (Å²) in [5, 5.41) is 2.12. The molecule has 1 saturated heterocycles. The van der Waals surface area contributed by atoms with Crippen LogP contribution in [0, 0.1) is 0 Å². The van der Waals surface area contributed by atoms with E-state index in [9.17, 15) is 9.59 Å². The molecule has 0 spiro atoms. The fourth-order valence-electron chi connectivity index (χ4n) is 4.09. The summed E-state index contributed by atoms with van der Waals surface area (Å²) in [6, 6.07) is 21.3. The van der Waals surface area contributed by atoms with Crippen LogP contribution in [0.25, 0.3) is 21.2 Å². The Morgan fingerprint density at radius 3 is 2.59 bits per heavy atom. The monoisotopic (exact) mass is 463 g/mol. The predicted octanol–water partition coefficient (Wildman–Crippen LogP) is 4.87. The Bertz CT molecular complexity index is 1340. The first-order chi connectivity index (χ1) is 15.6. The van der Waals surface area contributed by atoms with Gasteiger partial charge in [-0.05, 0) is 47.3 Å². The summed E-state index contributed by atoms with van der Waals surface area (Å²) < 4.78 is 0. The van der Waals surface area contributed by atoms with Crippen molar-refractivity contribution in [1.29, 1.82) is 0 Å². The predicted molar refractivity (Wildman–Crippen MR) is 131 cm³/mol. The molecule has 0 radical (unpaired) electrons. The number of nitrogens with one attached hydrogen (secondary N) is 1. The highest BCUT2D eigenvalue weighted by Gasteiger charge is 2.23. The topological polar surface area (TPSA) is 56.4 Å². The number of amides is 1. The van der Waals surface area contributed by atoms with Crippen LogP contribution in [0.5, 0.6) is 0 Å². The number of hydrogen-bond acceptors (Lipinski definition) is 4. The summed E-state index contributed by atoms with van der Waals surface area (Å²) in [5.74, 6) is -0.119. The molecule has 32 heavy (non-hydrogen) atoms. The number of piperazine rings is 1. The lowest BCUT2D eigenvalue weighted by Crippen LogP contribution is -2.48. The first kappa shape index (κ1) is 20.9. The first-order valence-corrected chi connectivity index (χ1v) is 11.7. The van der Waals surface area contributed by atoms with Gasteiger partial charge in [-0.3, -0.25) is 14.5 Å². The minimum Gasteiger partial charge on any atom is -0.335 e. The van der Waals surface area contributed by atoms with Crippen molar-refractivity contribution < 1.29 is 4.79 Å². The van der Waals surface area contributed by atoms with E-state index in [0.717, 1.165) is 35.6 Å². The van der Waals surface area contributed by atoms with E-state index in [1.807, 2.05) is 41.3 Å². The van der Waals surface area contributed by atoms with Crippen molar-refractivity contribution in [3.05, 3.63) is 92.7 Å². The summed E-state index contributed by atoms with van der Waals surface area (Å²) >= 11 is 7.90. The SMILES string of the molecule is O=C(c1cc2ccccc2c(=O)[nH]1)N1CCN(Cc2ccc(-c3cccc(Cl)c3)s2)CC1. The zero-order valence-corrected chi connectivity index (χ0v) is 19.0. The van der Waals surface area contributed by atoms with Gasteiger partial charge in [-0.2, -0.15) is 0 Å². The molecule has 1 aliphatic rings. The molecular weight excluding hydrogens is 442 g/mol. The highest BCUT2D eigenvalue weighted by Crippen LogP contribution is 2.30. The van der Waals surface area contributed by atoms with Crippen LogP contribution in [0.4, 0.5) is 0 Å². The zero-order chi connectivity index (χ0) is 22.1. The molecule has 0 atom stereocenters. The molecule has 3 heterocycles. The molecule has 5 rings (SSSR count). The second-order valence-electron chi connectivity index (χ2n) is 7.94. The molecule has 0 unspecified atom stereocenters. The van der Waals surface area contributed by atoms with Crippen LogP contribution < -0.4 is 5.56 Å². The Morgan fingerprint density at radius 1 is 0.969 bits per heavy atom. The second kappa shape index (κ2) is 8.90. The molecule has 1 amide bonds. The van der Waals surface area contributed by atoms with E-state index in [1.165, 1.54) is 9.75 Å². The lowest BCUT2D eigenvalue weighted by atomic mass is 10.1. The van der Waals surface area contributed by atoms with Crippen LogP contribution in [0.3, 0.4) is 0 Å². The summed E-state index contributed by atoms with van der Waals surface area (Å²) in [4.78, 5) is 34.7. The van der Waals surface area contributed by atoms with Crippen LogP contribution in [0.2, 0.25) is 5.02 Å². The van der Waals surface area contributed by atoms with Gasteiger partial charge in [0.15, 0.2) is 0 Å². The van der Waals surface area contributed by atoms with Gasteiger partial charge in [-0.25, -0.2) is 0 Å². The number of carbonyl (C=O) groups excluding carboxylic acids is 1. The molecule has 1 fully saturated rings. The smallest absolute Gasteiger partial charge is 0.270 e. The minimum absolute atomic E-state index is 0.119. The fraction of sp³-hybridized carbons (Fsp3) is 0.200. The number of pyridine rings is 1. The number of halogens is 1. The summed E-state index contributed by atoms with van der Waals surface area (Å²) in [6.45, 7) is 3.74. The van der Waals surface area contributed by atoms with E-state index in [0.29, 0.717) is 24.2 Å². The van der Waals surface area contributed by atoms with Gasteiger partial charge in [0.05, 0.1) is 0 Å².